The number of rotatable bonds is 8. The van der Waals surface area contributed by atoms with Crippen LogP contribution < -0.4 is 15.8 Å². The van der Waals surface area contributed by atoms with E-state index in [2.05, 4.69) is 15.0 Å². The van der Waals surface area contributed by atoms with Crippen LogP contribution in [0.15, 0.2) is 18.2 Å². The Labute approximate surface area is 151 Å². The highest BCUT2D eigenvalue weighted by Crippen LogP contribution is 2.28. The molecule has 1 aromatic carbocycles. The molecule has 1 aromatic rings. The molecule has 3 N–H and O–H groups in total. The Morgan fingerprint density at radius 2 is 2.24 bits per heavy atom. The van der Waals surface area contributed by atoms with E-state index in [1.807, 2.05) is 0 Å². The number of amides is 1. The highest BCUT2D eigenvalue weighted by Gasteiger charge is 2.23. The molecule has 0 spiro atoms. The molecule has 1 aliphatic rings. The van der Waals surface area contributed by atoms with Crippen LogP contribution in [0.4, 0.5) is 8.78 Å². The molecule has 5 nitrogen and oxygen atoms in total. The van der Waals surface area contributed by atoms with Gasteiger partial charge in [-0.2, -0.15) is 8.78 Å². The summed E-state index contributed by atoms with van der Waals surface area (Å²) in [4.78, 5) is 13.9. The molecule has 25 heavy (non-hydrogen) atoms. The Kier molecular flexibility index (Phi) is 7.87. The van der Waals surface area contributed by atoms with Crippen molar-refractivity contribution in [2.24, 2.45) is 5.73 Å². The molecule has 1 fully saturated rings. The highest BCUT2D eigenvalue weighted by atomic mass is 35.5. The number of carbonyl (C=O) groups is 1. The third-order valence-electron chi connectivity index (χ3n) is 4.25. The summed E-state index contributed by atoms with van der Waals surface area (Å²) in [5.41, 5.74) is 6.31. The van der Waals surface area contributed by atoms with Gasteiger partial charge in [0.05, 0.1) is 5.02 Å². The number of likely N-dealkylation sites (tertiary alicyclic amines) is 1. The van der Waals surface area contributed by atoms with Crippen molar-refractivity contribution in [2.45, 2.75) is 44.9 Å². The van der Waals surface area contributed by atoms with Crippen LogP contribution >= 0.6 is 11.6 Å². The van der Waals surface area contributed by atoms with Crippen molar-refractivity contribution in [3.05, 3.63) is 28.8 Å². The molecular formula is C17H24ClF2N3O2. The number of nitrogens with one attached hydrogen (secondary N) is 1. The van der Waals surface area contributed by atoms with Crippen molar-refractivity contribution in [3.63, 3.8) is 0 Å². The minimum absolute atomic E-state index is 0.0235. The Hall–Kier alpha value is -1.44. The van der Waals surface area contributed by atoms with Gasteiger partial charge in [-0.05, 0) is 37.1 Å². The van der Waals surface area contributed by atoms with Gasteiger partial charge in [0.2, 0.25) is 5.91 Å². The van der Waals surface area contributed by atoms with Gasteiger partial charge in [-0.15, -0.1) is 0 Å². The van der Waals surface area contributed by atoms with Crippen molar-refractivity contribution < 1.29 is 18.3 Å². The number of ether oxygens (including phenoxy) is 1. The number of alkyl halides is 2. The summed E-state index contributed by atoms with van der Waals surface area (Å²) < 4.78 is 29.0. The van der Waals surface area contributed by atoms with Crippen molar-refractivity contribution in [2.75, 3.05) is 19.6 Å². The predicted octanol–water partition coefficient (Wildman–Crippen LogP) is 2.76. The molecular weight excluding hydrogens is 352 g/mol. The van der Waals surface area contributed by atoms with Gasteiger partial charge in [0.25, 0.3) is 0 Å². The Morgan fingerprint density at radius 1 is 1.44 bits per heavy atom. The Bertz CT molecular complexity index is 575. The van der Waals surface area contributed by atoms with Crippen molar-refractivity contribution >= 4 is 17.5 Å². The van der Waals surface area contributed by atoms with Crippen LogP contribution in [0.1, 0.15) is 31.2 Å². The van der Waals surface area contributed by atoms with Crippen molar-refractivity contribution in [1.82, 2.24) is 10.2 Å². The fourth-order valence-corrected chi connectivity index (χ4v) is 3.27. The Balaban J connectivity index is 1.96. The number of hydrogen-bond acceptors (Lipinski definition) is 4. The lowest BCUT2D eigenvalue weighted by atomic mass is 10.0. The summed E-state index contributed by atoms with van der Waals surface area (Å²) in [5, 5.41) is 3.09. The van der Waals surface area contributed by atoms with Crippen LogP contribution in [-0.4, -0.2) is 43.1 Å². The largest absolute Gasteiger partial charge is 0.433 e. The number of nitrogens with two attached hydrogens (primary N) is 1. The molecule has 0 radical (unpaired) electrons. The summed E-state index contributed by atoms with van der Waals surface area (Å²) in [7, 11) is 0. The second-order valence-corrected chi connectivity index (χ2v) is 6.51. The third kappa shape index (κ3) is 6.41. The molecule has 0 saturated carbocycles. The maximum Gasteiger partial charge on any atom is 0.387 e. The first kappa shape index (κ1) is 19.9. The van der Waals surface area contributed by atoms with Gasteiger partial charge in [-0.25, -0.2) is 0 Å². The van der Waals surface area contributed by atoms with Gasteiger partial charge < -0.3 is 15.8 Å². The van der Waals surface area contributed by atoms with Gasteiger partial charge in [0.1, 0.15) is 5.75 Å². The SMILES string of the molecule is NCCC(=O)NCC1CCCCN1Cc1ccc(OC(F)F)c(Cl)c1. The number of carbonyl (C=O) groups excluding carboxylic acids is 1. The third-order valence-corrected chi connectivity index (χ3v) is 4.55. The number of piperidine rings is 1. The molecule has 0 bridgehead atoms. The first-order valence-electron chi connectivity index (χ1n) is 8.43. The first-order valence-corrected chi connectivity index (χ1v) is 8.81. The lowest BCUT2D eigenvalue weighted by Crippen LogP contribution is -2.46. The number of halogens is 3. The molecule has 0 aliphatic carbocycles. The van der Waals surface area contributed by atoms with E-state index in [-0.39, 0.29) is 22.7 Å². The summed E-state index contributed by atoms with van der Waals surface area (Å²) in [5.74, 6) is -0.0609. The van der Waals surface area contributed by atoms with Crippen LogP contribution in [0.3, 0.4) is 0 Å². The second-order valence-electron chi connectivity index (χ2n) is 6.11. The number of nitrogens with zero attached hydrogens (tertiary/aromatic N) is 1. The number of hydrogen-bond donors (Lipinski definition) is 2. The smallest absolute Gasteiger partial charge is 0.387 e. The van der Waals surface area contributed by atoms with Crippen molar-refractivity contribution in [1.29, 1.82) is 0 Å². The fourth-order valence-electron chi connectivity index (χ4n) is 3.02. The monoisotopic (exact) mass is 375 g/mol. The zero-order valence-corrected chi connectivity index (χ0v) is 14.8. The van der Waals surface area contributed by atoms with E-state index in [9.17, 15) is 13.6 Å². The lowest BCUT2D eigenvalue weighted by Gasteiger charge is -2.36. The molecule has 1 amide bonds. The van der Waals surface area contributed by atoms with Crippen LogP contribution in [0.5, 0.6) is 5.75 Å². The standard InChI is InChI=1S/C17H24ClF2N3O2/c18-14-9-12(4-5-15(14)25-17(19)20)11-23-8-2-1-3-13(23)10-22-16(24)6-7-21/h4-5,9,13,17H,1-3,6-8,10-11,21H2,(H,22,24). The summed E-state index contributed by atoms with van der Waals surface area (Å²) >= 11 is 6.02. The summed E-state index contributed by atoms with van der Waals surface area (Å²) in [6.07, 6.45) is 3.54. The normalized spacial score (nSPS) is 18.4. The Morgan fingerprint density at radius 3 is 2.92 bits per heavy atom. The fraction of sp³-hybridized carbons (Fsp3) is 0.588. The molecule has 0 aromatic heterocycles. The molecule has 1 saturated heterocycles. The van der Waals surface area contributed by atoms with Crippen molar-refractivity contribution in [3.8, 4) is 5.75 Å². The van der Waals surface area contributed by atoms with Crippen LogP contribution in [-0.2, 0) is 11.3 Å². The predicted molar refractivity (Wildman–Crippen MR) is 92.8 cm³/mol. The lowest BCUT2D eigenvalue weighted by molar-refractivity contribution is -0.121. The summed E-state index contributed by atoms with van der Waals surface area (Å²) in [6, 6.07) is 5.10. The van der Waals surface area contributed by atoms with Gasteiger partial charge >= 0.3 is 6.61 Å². The van der Waals surface area contributed by atoms with E-state index in [0.29, 0.717) is 26.1 Å². The average molecular weight is 376 g/mol. The zero-order valence-electron chi connectivity index (χ0n) is 14.0. The van der Waals surface area contributed by atoms with Gasteiger partial charge in [-0.3, -0.25) is 9.69 Å². The number of benzene rings is 1. The molecule has 1 heterocycles. The van der Waals surface area contributed by atoms with E-state index >= 15 is 0 Å². The molecule has 1 unspecified atom stereocenters. The molecule has 2 rings (SSSR count). The maximum atomic E-state index is 12.3. The van der Waals surface area contributed by atoms with Gasteiger partial charge in [0, 0.05) is 32.1 Å². The van der Waals surface area contributed by atoms with E-state index < -0.39 is 6.61 Å². The van der Waals surface area contributed by atoms with Gasteiger partial charge in [-0.1, -0.05) is 24.1 Å². The summed E-state index contributed by atoms with van der Waals surface area (Å²) in [6.45, 7) is -0.409. The van der Waals surface area contributed by atoms with Crippen LogP contribution in [0, 0.1) is 0 Å². The van der Waals surface area contributed by atoms with E-state index in [0.717, 1.165) is 31.4 Å². The minimum Gasteiger partial charge on any atom is -0.433 e. The first-order chi connectivity index (χ1) is 12.0. The minimum atomic E-state index is -2.90. The average Bonchev–Trinajstić information content (AvgIpc) is 2.56. The molecule has 8 heteroatoms. The van der Waals surface area contributed by atoms with E-state index in [1.165, 1.54) is 6.07 Å². The second kappa shape index (κ2) is 9.89. The topological polar surface area (TPSA) is 67.6 Å². The zero-order chi connectivity index (χ0) is 18.2. The van der Waals surface area contributed by atoms with Crippen LogP contribution in [0.25, 0.3) is 0 Å². The van der Waals surface area contributed by atoms with E-state index in [4.69, 9.17) is 17.3 Å². The molecule has 140 valence electrons. The van der Waals surface area contributed by atoms with E-state index in [1.54, 1.807) is 12.1 Å². The maximum absolute atomic E-state index is 12.3. The molecule has 1 atom stereocenters. The highest BCUT2D eigenvalue weighted by molar-refractivity contribution is 6.32. The molecule has 1 aliphatic heterocycles. The quantitative estimate of drug-likeness (QED) is 0.733. The van der Waals surface area contributed by atoms with Gasteiger partial charge in [0.15, 0.2) is 0 Å². The van der Waals surface area contributed by atoms with Crippen LogP contribution in [0.2, 0.25) is 5.02 Å².